The van der Waals surface area contributed by atoms with E-state index in [-0.39, 0.29) is 5.91 Å². The van der Waals surface area contributed by atoms with Gasteiger partial charge in [-0.2, -0.15) is 0 Å². The summed E-state index contributed by atoms with van der Waals surface area (Å²) < 4.78 is 5.12. The third-order valence-electron chi connectivity index (χ3n) is 3.83. The van der Waals surface area contributed by atoms with E-state index in [0.717, 1.165) is 33.5 Å². The van der Waals surface area contributed by atoms with Gasteiger partial charge in [-0.25, -0.2) is 0 Å². The van der Waals surface area contributed by atoms with Crippen molar-refractivity contribution < 1.29 is 9.53 Å². The van der Waals surface area contributed by atoms with Gasteiger partial charge in [0.05, 0.1) is 13.5 Å². The quantitative estimate of drug-likeness (QED) is 0.759. The maximum Gasteiger partial charge on any atom is 0.224 e. The van der Waals surface area contributed by atoms with Crippen molar-refractivity contribution in [1.82, 2.24) is 10.3 Å². The molecule has 0 aliphatic rings. The fourth-order valence-electron chi connectivity index (χ4n) is 2.63. The Morgan fingerprint density at radius 2 is 1.83 bits per heavy atom. The van der Waals surface area contributed by atoms with Crippen LogP contribution in [0, 0.1) is 6.92 Å². The molecule has 4 heteroatoms. The first-order valence-corrected chi connectivity index (χ1v) is 7.62. The Hall–Kier alpha value is -2.75. The van der Waals surface area contributed by atoms with Crippen molar-refractivity contribution in [2.24, 2.45) is 0 Å². The third kappa shape index (κ3) is 3.72. The largest absolute Gasteiger partial charge is 0.497 e. The standard InChI is InChI=1S/C19H20N2O2/c1-13-9-16-10-15(5-8-18(16)21-13)11-19(22)20-12-14-3-6-17(23-2)7-4-14/h3-10,21H,11-12H2,1-2H3,(H,20,22). The van der Waals surface area contributed by atoms with Crippen molar-refractivity contribution in [1.29, 1.82) is 0 Å². The van der Waals surface area contributed by atoms with Gasteiger partial charge in [0, 0.05) is 17.8 Å². The van der Waals surface area contributed by atoms with Gasteiger partial charge in [-0.05, 0) is 53.8 Å². The SMILES string of the molecule is COc1ccc(CNC(=O)Cc2ccc3[nH]c(C)cc3c2)cc1. The molecule has 2 N–H and O–H groups in total. The van der Waals surface area contributed by atoms with Crippen LogP contribution in [0.1, 0.15) is 16.8 Å². The zero-order valence-electron chi connectivity index (χ0n) is 13.3. The number of methoxy groups -OCH3 is 1. The lowest BCUT2D eigenvalue weighted by atomic mass is 10.1. The molecule has 0 saturated carbocycles. The molecule has 2 aromatic carbocycles. The van der Waals surface area contributed by atoms with Crippen LogP contribution in [-0.2, 0) is 17.8 Å². The Labute approximate surface area is 135 Å². The predicted molar refractivity (Wildman–Crippen MR) is 91.6 cm³/mol. The average molecular weight is 308 g/mol. The van der Waals surface area contributed by atoms with Crippen molar-refractivity contribution in [2.45, 2.75) is 19.9 Å². The van der Waals surface area contributed by atoms with Crippen LogP contribution in [0.5, 0.6) is 5.75 Å². The van der Waals surface area contributed by atoms with Gasteiger partial charge >= 0.3 is 0 Å². The minimum atomic E-state index is 0.0208. The van der Waals surface area contributed by atoms with Crippen molar-refractivity contribution >= 4 is 16.8 Å². The van der Waals surface area contributed by atoms with Gasteiger partial charge in [-0.3, -0.25) is 4.79 Å². The normalized spacial score (nSPS) is 10.7. The van der Waals surface area contributed by atoms with Gasteiger partial charge in [0.2, 0.25) is 5.91 Å². The van der Waals surface area contributed by atoms with Gasteiger partial charge in [0.1, 0.15) is 5.75 Å². The Kier molecular flexibility index (Phi) is 4.33. The molecule has 3 aromatic rings. The number of rotatable bonds is 5. The molecule has 0 spiro atoms. The predicted octanol–water partition coefficient (Wildman–Crippen LogP) is 3.34. The highest BCUT2D eigenvalue weighted by molar-refractivity contribution is 5.84. The van der Waals surface area contributed by atoms with Crippen molar-refractivity contribution in [3.63, 3.8) is 0 Å². The average Bonchev–Trinajstić information content (AvgIpc) is 2.92. The molecule has 0 saturated heterocycles. The van der Waals surface area contributed by atoms with Crippen LogP contribution in [-0.4, -0.2) is 18.0 Å². The second kappa shape index (κ2) is 6.57. The van der Waals surface area contributed by atoms with Crippen molar-refractivity contribution in [3.05, 3.63) is 65.4 Å². The topological polar surface area (TPSA) is 54.1 Å². The van der Waals surface area contributed by atoms with E-state index in [1.54, 1.807) is 7.11 Å². The smallest absolute Gasteiger partial charge is 0.224 e. The summed E-state index contributed by atoms with van der Waals surface area (Å²) in [5.41, 5.74) is 4.30. The lowest BCUT2D eigenvalue weighted by molar-refractivity contribution is -0.120. The molecule has 0 radical (unpaired) electrons. The first kappa shape index (κ1) is 15.2. The van der Waals surface area contributed by atoms with E-state index in [4.69, 9.17) is 4.74 Å². The van der Waals surface area contributed by atoms with Crippen LogP contribution in [0.3, 0.4) is 0 Å². The molecular weight excluding hydrogens is 288 g/mol. The molecular formula is C19H20N2O2. The van der Waals surface area contributed by atoms with Gasteiger partial charge in [-0.1, -0.05) is 18.2 Å². The zero-order chi connectivity index (χ0) is 16.2. The minimum absolute atomic E-state index is 0.0208. The van der Waals surface area contributed by atoms with Crippen LogP contribution in [0.25, 0.3) is 10.9 Å². The Morgan fingerprint density at radius 1 is 1.09 bits per heavy atom. The summed E-state index contributed by atoms with van der Waals surface area (Å²) in [7, 11) is 1.64. The van der Waals surface area contributed by atoms with E-state index in [1.807, 2.05) is 43.3 Å². The Bertz CT molecular complexity index is 819. The summed E-state index contributed by atoms with van der Waals surface area (Å²) in [4.78, 5) is 15.4. The number of hydrogen-bond acceptors (Lipinski definition) is 2. The molecule has 0 aliphatic heterocycles. The summed E-state index contributed by atoms with van der Waals surface area (Å²) in [6.07, 6.45) is 0.385. The molecule has 0 aliphatic carbocycles. The summed E-state index contributed by atoms with van der Waals surface area (Å²) >= 11 is 0. The molecule has 118 valence electrons. The van der Waals surface area contributed by atoms with Gasteiger partial charge in [0.25, 0.3) is 0 Å². The molecule has 1 aromatic heterocycles. The molecule has 1 amide bonds. The number of H-pyrrole nitrogens is 1. The number of fused-ring (bicyclic) bond motifs is 1. The van der Waals surface area contributed by atoms with E-state index in [2.05, 4.69) is 22.4 Å². The number of benzene rings is 2. The monoisotopic (exact) mass is 308 g/mol. The molecule has 23 heavy (non-hydrogen) atoms. The van der Waals surface area contributed by atoms with E-state index < -0.39 is 0 Å². The fourth-order valence-corrected chi connectivity index (χ4v) is 2.63. The van der Waals surface area contributed by atoms with Crippen LogP contribution < -0.4 is 10.1 Å². The van der Waals surface area contributed by atoms with Crippen LogP contribution in [0.2, 0.25) is 0 Å². The summed E-state index contributed by atoms with van der Waals surface area (Å²) in [6.45, 7) is 2.55. The first-order valence-electron chi connectivity index (χ1n) is 7.62. The number of hydrogen-bond donors (Lipinski definition) is 2. The van der Waals surface area contributed by atoms with Gasteiger partial charge in [-0.15, -0.1) is 0 Å². The summed E-state index contributed by atoms with van der Waals surface area (Å²) in [6, 6.07) is 15.9. The lowest BCUT2D eigenvalue weighted by Gasteiger charge is -2.07. The summed E-state index contributed by atoms with van der Waals surface area (Å²) in [5.74, 6) is 0.836. The molecule has 1 heterocycles. The van der Waals surface area contributed by atoms with Crippen molar-refractivity contribution in [3.8, 4) is 5.75 Å². The second-order valence-corrected chi connectivity index (χ2v) is 5.68. The maximum absolute atomic E-state index is 12.1. The van der Waals surface area contributed by atoms with E-state index in [9.17, 15) is 4.79 Å². The molecule has 0 atom stereocenters. The highest BCUT2D eigenvalue weighted by Gasteiger charge is 2.05. The number of nitrogens with one attached hydrogen (secondary N) is 2. The highest BCUT2D eigenvalue weighted by Crippen LogP contribution is 2.17. The van der Waals surface area contributed by atoms with E-state index >= 15 is 0 Å². The van der Waals surface area contributed by atoms with Crippen LogP contribution in [0.4, 0.5) is 0 Å². The number of aryl methyl sites for hydroxylation is 1. The fraction of sp³-hybridized carbons (Fsp3) is 0.211. The maximum atomic E-state index is 12.1. The molecule has 0 fully saturated rings. The van der Waals surface area contributed by atoms with E-state index in [1.165, 1.54) is 0 Å². The van der Waals surface area contributed by atoms with Crippen LogP contribution in [0.15, 0.2) is 48.5 Å². The third-order valence-corrected chi connectivity index (χ3v) is 3.83. The summed E-state index contributed by atoms with van der Waals surface area (Å²) in [5, 5.41) is 4.09. The molecule has 4 nitrogen and oxygen atoms in total. The molecule has 3 rings (SSSR count). The Morgan fingerprint density at radius 3 is 2.57 bits per heavy atom. The van der Waals surface area contributed by atoms with Crippen LogP contribution >= 0.6 is 0 Å². The number of aromatic amines is 1. The number of amides is 1. The highest BCUT2D eigenvalue weighted by atomic mass is 16.5. The lowest BCUT2D eigenvalue weighted by Crippen LogP contribution is -2.24. The number of ether oxygens (including phenoxy) is 1. The molecule has 0 unspecified atom stereocenters. The van der Waals surface area contributed by atoms with E-state index in [0.29, 0.717) is 13.0 Å². The van der Waals surface area contributed by atoms with Crippen molar-refractivity contribution in [2.75, 3.05) is 7.11 Å². The minimum Gasteiger partial charge on any atom is -0.497 e. The number of carbonyl (C=O) groups excluding carboxylic acids is 1. The van der Waals surface area contributed by atoms with Gasteiger partial charge in [0.15, 0.2) is 0 Å². The second-order valence-electron chi connectivity index (χ2n) is 5.68. The van der Waals surface area contributed by atoms with Gasteiger partial charge < -0.3 is 15.0 Å². The Balaban J connectivity index is 1.59. The number of carbonyl (C=O) groups is 1. The number of aromatic nitrogens is 1. The zero-order valence-corrected chi connectivity index (χ0v) is 13.3. The molecule has 0 bridgehead atoms. The first-order chi connectivity index (χ1) is 11.1.